The lowest BCUT2D eigenvalue weighted by Gasteiger charge is -2.39. The van der Waals surface area contributed by atoms with Crippen LogP contribution in [0.4, 0.5) is 28.9 Å². The van der Waals surface area contributed by atoms with Crippen LogP contribution in [0.15, 0.2) is 111 Å². The van der Waals surface area contributed by atoms with Crippen molar-refractivity contribution in [3.8, 4) is 0 Å². The van der Waals surface area contributed by atoms with E-state index in [1.54, 1.807) is 12.1 Å². The summed E-state index contributed by atoms with van der Waals surface area (Å²) in [6.45, 7) is 13.2. The number of unbranched alkanes of at least 4 members (excludes halogenated alkanes) is 3. The minimum Gasteiger partial charge on any atom is -0.380 e. The molecule has 4 N–H and O–H groups in total. The van der Waals surface area contributed by atoms with E-state index in [0.717, 1.165) is 86.4 Å². The number of sulfonamides is 1. The van der Waals surface area contributed by atoms with Crippen LogP contribution in [-0.2, 0) is 24.7 Å². The molecule has 0 radical (unpaired) electrons. The van der Waals surface area contributed by atoms with Gasteiger partial charge in [-0.15, -0.1) is 11.8 Å². The normalized spacial score (nSPS) is 16.4. The Morgan fingerprint density at radius 1 is 0.912 bits per heavy atom. The van der Waals surface area contributed by atoms with Crippen LogP contribution >= 0.6 is 11.8 Å². The van der Waals surface area contributed by atoms with Crippen LogP contribution < -0.4 is 20.7 Å². The van der Waals surface area contributed by atoms with E-state index in [-0.39, 0.29) is 16.9 Å². The van der Waals surface area contributed by atoms with Crippen molar-refractivity contribution in [2.45, 2.75) is 104 Å². The fourth-order valence-electron chi connectivity index (χ4n) is 8.43. The number of sulfone groups is 1. The number of carbonyl (C=O) groups excluding carboxylic acids is 2. The van der Waals surface area contributed by atoms with Gasteiger partial charge in [0.1, 0.15) is 4.90 Å². The Morgan fingerprint density at radius 3 is 2.24 bits per heavy atom. The summed E-state index contributed by atoms with van der Waals surface area (Å²) in [5.74, 6) is -1.06. The van der Waals surface area contributed by atoms with Crippen LogP contribution in [-0.4, -0.2) is 115 Å². The molecule has 19 heteroatoms. The van der Waals surface area contributed by atoms with Crippen LogP contribution in [0.2, 0.25) is 0 Å². The van der Waals surface area contributed by atoms with E-state index in [4.69, 9.17) is 5.73 Å². The van der Waals surface area contributed by atoms with Crippen molar-refractivity contribution in [1.29, 1.82) is 0 Å². The van der Waals surface area contributed by atoms with Crippen LogP contribution in [0.5, 0.6) is 0 Å². The van der Waals surface area contributed by atoms with E-state index in [2.05, 4.69) is 40.4 Å². The number of piperazine rings is 1. The summed E-state index contributed by atoms with van der Waals surface area (Å²) in [6, 6.07) is 17.4. The van der Waals surface area contributed by atoms with Gasteiger partial charge in [0.25, 0.3) is 25.8 Å². The van der Waals surface area contributed by atoms with Crippen molar-refractivity contribution in [3.05, 3.63) is 102 Å². The molecule has 68 heavy (non-hydrogen) atoms. The minimum absolute atomic E-state index is 0.0302. The Morgan fingerprint density at radius 2 is 1.59 bits per heavy atom. The second kappa shape index (κ2) is 24.4. The van der Waals surface area contributed by atoms with E-state index in [1.165, 1.54) is 35.0 Å². The molecule has 0 aromatic heterocycles. The Kier molecular flexibility index (Phi) is 19.6. The van der Waals surface area contributed by atoms with Gasteiger partial charge in [-0.05, 0) is 130 Å². The van der Waals surface area contributed by atoms with Crippen molar-refractivity contribution >= 4 is 54.8 Å². The SMILES string of the molecule is C=C(CCF)C1=C(CN2CCN(c3ccc(C(=O)NS(=O)(=O)c4ccc(N[C@H](CCN(C)CCCCCCC(N)=O)CSc5ccccc5)c(S(=O)(=O)C(F)(F)F)c4)cc3)CC2)CCC(C)(C)C1. The molecule has 0 saturated carbocycles. The number of hydrogen-bond acceptors (Lipinski definition) is 11. The molecule has 12 nitrogen and oxygen atoms in total. The van der Waals surface area contributed by atoms with Gasteiger partial charge >= 0.3 is 5.51 Å². The van der Waals surface area contributed by atoms with Crippen molar-refractivity contribution in [2.75, 3.05) is 75.5 Å². The number of primary amides is 1. The van der Waals surface area contributed by atoms with Gasteiger partial charge in [-0.2, -0.15) is 13.2 Å². The fourth-order valence-corrected chi connectivity index (χ4v) is 11.4. The van der Waals surface area contributed by atoms with E-state index in [0.29, 0.717) is 63.7 Å². The molecule has 3 aromatic carbocycles. The first-order valence-electron chi connectivity index (χ1n) is 23.0. The minimum atomic E-state index is -6.09. The van der Waals surface area contributed by atoms with Gasteiger partial charge in [0.05, 0.1) is 17.3 Å². The number of alkyl halides is 4. The number of benzene rings is 3. The quantitative estimate of drug-likeness (QED) is 0.0422. The Hall–Kier alpha value is -4.43. The highest BCUT2D eigenvalue weighted by Gasteiger charge is 2.48. The van der Waals surface area contributed by atoms with Gasteiger partial charge < -0.3 is 20.9 Å². The maximum atomic E-state index is 14.2. The van der Waals surface area contributed by atoms with Crippen LogP contribution in [0.3, 0.4) is 0 Å². The van der Waals surface area contributed by atoms with Gasteiger partial charge in [-0.3, -0.25) is 18.9 Å². The third kappa shape index (κ3) is 15.8. The summed E-state index contributed by atoms with van der Waals surface area (Å²) in [5.41, 5.74) is 3.34. The van der Waals surface area contributed by atoms with Gasteiger partial charge in [0.2, 0.25) is 5.91 Å². The number of allylic oxidation sites excluding steroid dienone is 2. The number of anilines is 2. The number of thioether (sulfide) groups is 1. The lowest BCUT2D eigenvalue weighted by Crippen LogP contribution is -2.47. The second-order valence-corrected chi connectivity index (χ2v) is 23.2. The number of nitrogens with one attached hydrogen (secondary N) is 2. The molecule has 0 bridgehead atoms. The number of hydrogen-bond donors (Lipinski definition) is 3. The molecular weight excluding hydrogens is 941 g/mol. The van der Waals surface area contributed by atoms with E-state index in [1.807, 2.05) is 42.1 Å². The zero-order valence-corrected chi connectivity index (χ0v) is 41.7. The van der Waals surface area contributed by atoms with Crippen molar-refractivity contribution in [1.82, 2.24) is 14.5 Å². The molecule has 2 amide bonds. The smallest absolute Gasteiger partial charge is 0.380 e. The number of carbonyl (C=O) groups is 2. The lowest BCUT2D eigenvalue weighted by molar-refractivity contribution is -0.118. The first kappa shape index (κ1) is 54.5. The number of halogens is 4. The molecule has 1 fully saturated rings. The topological polar surface area (TPSA) is 162 Å². The molecule has 1 atom stereocenters. The predicted octanol–water partition coefficient (Wildman–Crippen LogP) is 8.97. The summed E-state index contributed by atoms with van der Waals surface area (Å²) in [5, 5.41) is 2.98. The molecule has 5 rings (SSSR count). The number of rotatable bonds is 25. The van der Waals surface area contributed by atoms with E-state index < -0.39 is 59.5 Å². The van der Waals surface area contributed by atoms with Crippen LogP contribution in [0, 0.1) is 5.41 Å². The molecule has 374 valence electrons. The summed E-state index contributed by atoms with van der Waals surface area (Å²) >= 11 is 1.42. The first-order valence-corrected chi connectivity index (χ1v) is 27.0. The van der Waals surface area contributed by atoms with Gasteiger partial charge in [0.15, 0.2) is 0 Å². The molecule has 0 spiro atoms. The highest BCUT2D eigenvalue weighted by molar-refractivity contribution is 7.99. The Labute approximate surface area is 404 Å². The summed E-state index contributed by atoms with van der Waals surface area (Å²) in [4.78, 5) is 29.7. The number of amides is 2. The molecule has 3 aromatic rings. The maximum absolute atomic E-state index is 14.2. The third-order valence-corrected chi connectivity index (χ3v) is 16.5. The molecule has 1 aliphatic carbocycles. The molecular formula is C49H66F4N6O6S3. The maximum Gasteiger partial charge on any atom is 0.501 e. The average Bonchev–Trinajstić information content (AvgIpc) is 3.29. The van der Waals surface area contributed by atoms with Crippen molar-refractivity contribution in [2.24, 2.45) is 11.1 Å². The van der Waals surface area contributed by atoms with Gasteiger partial charge in [-0.25, -0.2) is 21.6 Å². The highest BCUT2D eigenvalue weighted by Crippen LogP contribution is 2.42. The Balaban J connectivity index is 1.26. The average molecular weight is 1010 g/mol. The predicted molar refractivity (Wildman–Crippen MR) is 263 cm³/mol. The second-order valence-electron chi connectivity index (χ2n) is 18.5. The highest BCUT2D eigenvalue weighted by atomic mass is 32.2. The molecule has 1 aliphatic heterocycles. The number of nitrogens with two attached hydrogens (primary N) is 1. The zero-order valence-electron chi connectivity index (χ0n) is 39.3. The lowest BCUT2D eigenvalue weighted by atomic mass is 9.72. The third-order valence-electron chi connectivity index (χ3n) is 12.5. The summed E-state index contributed by atoms with van der Waals surface area (Å²) in [7, 11) is -9.06. The summed E-state index contributed by atoms with van der Waals surface area (Å²) in [6.07, 6.45) is 7.21. The van der Waals surface area contributed by atoms with Gasteiger partial charge in [0, 0.05) is 73.5 Å². The standard InChI is InChI=1S/C49H66F4N6O6S3/c1-36(22-25-50)43-33-48(2,3)24-21-38(43)34-58-28-30-59(31-29-58)40-17-15-37(16-18-40)47(61)56-68(64,65)42-19-20-44(45(32-42)67(62,63)49(51,52)53)55-39(35-66-41-12-8-7-9-13-41)23-27-57(4)26-11-6-5-10-14-46(54)60/h7-9,12-13,15-20,32,39,55H,1,5-6,10-11,14,21-31,33-35H2,2-4H3,(H2,54,60)(H,56,61)/t39-/m1/s1. The van der Waals surface area contributed by atoms with Crippen molar-refractivity contribution < 1.29 is 44.0 Å². The summed E-state index contributed by atoms with van der Waals surface area (Å²) < 4.78 is 111. The molecule has 1 heterocycles. The molecule has 0 unspecified atom stereocenters. The first-order chi connectivity index (χ1) is 32.1. The van der Waals surface area contributed by atoms with Crippen LogP contribution in [0.1, 0.15) is 88.4 Å². The largest absolute Gasteiger partial charge is 0.501 e. The number of nitrogens with zero attached hydrogens (tertiary/aromatic N) is 3. The van der Waals surface area contributed by atoms with Gasteiger partial charge in [-0.1, -0.05) is 57.0 Å². The molecule has 1 saturated heterocycles. The molecule has 2 aliphatic rings. The fraction of sp³-hybridized carbons (Fsp3) is 0.510. The Bertz CT molecular complexity index is 2450. The van der Waals surface area contributed by atoms with Crippen molar-refractivity contribution in [3.63, 3.8) is 0 Å². The van der Waals surface area contributed by atoms with E-state index in [9.17, 15) is 44.0 Å². The monoisotopic (exact) mass is 1010 g/mol. The zero-order chi connectivity index (χ0) is 49.7. The van der Waals surface area contributed by atoms with E-state index >= 15 is 0 Å². The van der Waals surface area contributed by atoms with Crippen LogP contribution in [0.25, 0.3) is 0 Å².